The molecule has 1 N–H and O–H groups in total. The van der Waals surface area contributed by atoms with Crippen LogP contribution in [0.2, 0.25) is 0 Å². The molecule has 2 aliphatic rings. The van der Waals surface area contributed by atoms with Gasteiger partial charge in [0.1, 0.15) is 5.82 Å². The molecule has 0 aromatic heterocycles. The number of anilines is 1. The van der Waals surface area contributed by atoms with Gasteiger partial charge in [0.15, 0.2) is 0 Å². The van der Waals surface area contributed by atoms with Crippen molar-refractivity contribution in [2.75, 3.05) is 31.6 Å². The summed E-state index contributed by atoms with van der Waals surface area (Å²) in [5, 5.41) is 2.78. The smallest absolute Gasteiger partial charge is 0.243 e. The first-order valence-corrected chi connectivity index (χ1v) is 11.5. The molecule has 8 heteroatoms. The first-order valence-electron chi connectivity index (χ1n) is 10.0. The Labute approximate surface area is 176 Å². The summed E-state index contributed by atoms with van der Waals surface area (Å²) in [6.07, 6.45) is 1.21. The number of carbonyl (C=O) groups excluding carboxylic acids is 1. The van der Waals surface area contributed by atoms with E-state index >= 15 is 0 Å². The summed E-state index contributed by atoms with van der Waals surface area (Å²) in [7, 11) is -3.73. The van der Waals surface area contributed by atoms with Crippen molar-refractivity contribution >= 4 is 21.6 Å². The fraction of sp³-hybridized carbons (Fsp3) is 0.409. The Balaban J connectivity index is 1.63. The highest BCUT2D eigenvalue weighted by atomic mass is 32.2. The number of carbonyl (C=O) groups is 1. The minimum Gasteiger partial charge on any atom is -0.381 e. The minimum absolute atomic E-state index is 0.0947. The van der Waals surface area contributed by atoms with Gasteiger partial charge in [-0.05, 0) is 55.7 Å². The SMILES string of the molecule is Cc1cccc(S(=O)(=O)N2CC(C(=O)Nc3cccc(F)c3)C3(CCOCC3)C2)c1. The van der Waals surface area contributed by atoms with E-state index in [9.17, 15) is 17.6 Å². The second kappa shape index (κ2) is 8.09. The normalized spacial score (nSPS) is 21.6. The quantitative estimate of drug-likeness (QED) is 0.805. The summed E-state index contributed by atoms with van der Waals surface area (Å²) in [4.78, 5) is 13.4. The Bertz CT molecular complexity index is 1050. The molecule has 2 aromatic carbocycles. The third-order valence-electron chi connectivity index (χ3n) is 6.14. The van der Waals surface area contributed by atoms with Crippen LogP contribution in [0.15, 0.2) is 53.4 Å². The molecule has 0 radical (unpaired) electrons. The van der Waals surface area contributed by atoms with Crippen LogP contribution in [0, 0.1) is 24.1 Å². The van der Waals surface area contributed by atoms with Gasteiger partial charge >= 0.3 is 0 Å². The van der Waals surface area contributed by atoms with Crippen molar-refractivity contribution in [3.05, 3.63) is 59.9 Å². The first kappa shape index (κ1) is 21.0. The lowest BCUT2D eigenvalue weighted by atomic mass is 9.72. The number of hydrogen-bond donors (Lipinski definition) is 1. The minimum atomic E-state index is -3.73. The molecular formula is C22H25FN2O4S. The van der Waals surface area contributed by atoms with Crippen LogP contribution in [0.4, 0.5) is 10.1 Å². The molecule has 0 saturated carbocycles. The van der Waals surface area contributed by atoms with E-state index in [2.05, 4.69) is 5.32 Å². The van der Waals surface area contributed by atoms with Crippen LogP contribution < -0.4 is 5.32 Å². The maximum Gasteiger partial charge on any atom is 0.243 e. The van der Waals surface area contributed by atoms with Crippen LogP contribution in [0.5, 0.6) is 0 Å². The van der Waals surface area contributed by atoms with Crippen molar-refractivity contribution < 1.29 is 22.3 Å². The van der Waals surface area contributed by atoms with Crippen LogP contribution >= 0.6 is 0 Å². The summed E-state index contributed by atoms with van der Waals surface area (Å²) in [5.41, 5.74) is 0.727. The number of nitrogens with zero attached hydrogens (tertiary/aromatic N) is 1. The van der Waals surface area contributed by atoms with Gasteiger partial charge in [-0.2, -0.15) is 4.31 Å². The summed E-state index contributed by atoms with van der Waals surface area (Å²) < 4.78 is 47.0. The third kappa shape index (κ3) is 3.99. The summed E-state index contributed by atoms with van der Waals surface area (Å²) in [5.74, 6) is -1.27. The van der Waals surface area contributed by atoms with Crippen molar-refractivity contribution in [3.63, 3.8) is 0 Å². The highest BCUT2D eigenvalue weighted by molar-refractivity contribution is 7.89. The maximum absolute atomic E-state index is 13.5. The zero-order chi connectivity index (χ0) is 21.4. The average Bonchev–Trinajstić information content (AvgIpc) is 3.08. The van der Waals surface area contributed by atoms with Crippen molar-refractivity contribution in [2.24, 2.45) is 11.3 Å². The standard InChI is InChI=1S/C22H25FN2O4S/c1-16-4-2-7-19(12-16)30(27,28)25-14-20(22(15-25)8-10-29-11-9-22)21(26)24-18-6-3-5-17(23)13-18/h2-7,12-13,20H,8-11,14-15H2,1H3,(H,24,26). The van der Waals surface area contributed by atoms with Crippen molar-refractivity contribution in [1.82, 2.24) is 4.31 Å². The van der Waals surface area contributed by atoms with E-state index < -0.39 is 27.2 Å². The summed E-state index contributed by atoms with van der Waals surface area (Å²) in [6, 6.07) is 12.5. The van der Waals surface area contributed by atoms with E-state index in [1.165, 1.54) is 22.5 Å². The molecule has 2 heterocycles. The van der Waals surface area contributed by atoms with Gasteiger partial charge in [0.2, 0.25) is 15.9 Å². The lowest BCUT2D eigenvalue weighted by Gasteiger charge is -2.37. The van der Waals surface area contributed by atoms with Gasteiger partial charge in [-0.3, -0.25) is 4.79 Å². The molecule has 0 bridgehead atoms. The van der Waals surface area contributed by atoms with Crippen molar-refractivity contribution in [2.45, 2.75) is 24.7 Å². The van der Waals surface area contributed by atoms with Crippen molar-refractivity contribution in [3.8, 4) is 0 Å². The number of benzene rings is 2. The van der Waals surface area contributed by atoms with E-state index in [1.807, 2.05) is 13.0 Å². The van der Waals surface area contributed by atoms with E-state index in [-0.39, 0.29) is 23.9 Å². The van der Waals surface area contributed by atoms with E-state index in [0.29, 0.717) is 31.7 Å². The maximum atomic E-state index is 13.5. The molecule has 1 atom stereocenters. The van der Waals surface area contributed by atoms with Crippen LogP contribution in [0.3, 0.4) is 0 Å². The van der Waals surface area contributed by atoms with Crippen LogP contribution in [-0.4, -0.2) is 44.9 Å². The molecule has 6 nitrogen and oxygen atoms in total. The Morgan fingerprint density at radius 2 is 1.90 bits per heavy atom. The molecule has 1 amide bonds. The molecule has 1 unspecified atom stereocenters. The number of amides is 1. The molecule has 160 valence electrons. The topological polar surface area (TPSA) is 75.7 Å². The number of ether oxygens (including phenoxy) is 1. The number of hydrogen-bond acceptors (Lipinski definition) is 4. The Morgan fingerprint density at radius 1 is 1.17 bits per heavy atom. The van der Waals surface area contributed by atoms with Crippen LogP contribution in [-0.2, 0) is 19.6 Å². The zero-order valence-electron chi connectivity index (χ0n) is 16.8. The van der Waals surface area contributed by atoms with Crippen LogP contribution in [0.1, 0.15) is 18.4 Å². The van der Waals surface area contributed by atoms with E-state index in [1.54, 1.807) is 24.3 Å². The van der Waals surface area contributed by atoms with Gasteiger partial charge in [0.05, 0.1) is 10.8 Å². The largest absolute Gasteiger partial charge is 0.381 e. The Kier molecular flexibility index (Phi) is 5.65. The summed E-state index contributed by atoms with van der Waals surface area (Å²) >= 11 is 0. The van der Waals surface area contributed by atoms with Gasteiger partial charge in [-0.15, -0.1) is 0 Å². The van der Waals surface area contributed by atoms with E-state index in [0.717, 1.165) is 5.56 Å². The number of nitrogens with one attached hydrogen (secondary N) is 1. The molecule has 4 rings (SSSR count). The number of halogens is 1. The predicted octanol–water partition coefficient (Wildman–Crippen LogP) is 3.19. The fourth-order valence-electron chi connectivity index (χ4n) is 4.47. The molecule has 30 heavy (non-hydrogen) atoms. The number of sulfonamides is 1. The molecule has 2 fully saturated rings. The lowest BCUT2D eigenvalue weighted by molar-refractivity contribution is -0.124. The number of rotatable bonds is 4. The van der Waals surface area contributed by atoms with Gasteiger partial charge in [0.25, 0.3) is 0 Å². The summed E-state index contributed by atoms with van der Waals surface area (Å²) in [6.45, 7) is 3.19. The van der Waals surface area contributed by atoms with Gasteiger partial charge in [-0.1, -0.05) is 18.2 Å². The van der Waals surface area contributed by atoms with Crippen molar-refractivity contribution in [1.29, 1.82) is 0 Å². The predicted molar refractivity (Wildman–Crippen MR) is 111 cm³/mol. The van der Waals surface area contributed by atoms with Crippen LogP contribution in [0.25, 0.3) is 0 Å². The third-order valence-corrected chi connectivity index (χ3v) is 7.95. The molecule has 2 aliphatic heterocycles. The second-order valence-corrected chi connectivity index (χ2v) is 10.1. The highest BCUT2D eigenvalue weighted by Gasteiger charge is 2.53. The first-order chi connectivity index (χ1) is 14.3. The second-order valence-electron chi connectivity index (χ2n) is 8.14. The van der Waals surface area contributed by atoms with Gasteiger partial charge < -0.3 is 10.1 Å². The molecular weight excluding hydrogens is 407 g/mol. The van der Waals surface area contributed by atoms with Gasteiger partial charge in [-0.25, -0.2) is 12.8 Å². The monoisotopic (exact) mass is 432 g/mol. The van der Waals surface area contributed by atoms with Gasteiger partial charge in [0, 0.05) is 37.4 Å². The Hall–Kier alpha value is -2.29. The average molecular weight is 433 g/mol. The highest BCUT2D eigenvalue weighted by Crippen LogP contribution is 2.46. The molecule has 2 saturated heterocycles. The van der Waals surface area contributed by atoms with E-state index in [4.69, 9.17) is 4.74 Å². The molecule has 2 aromatic rings. The molecule has 1 spiro atoms. The fourth-order valence-corrected chi connectivity index (χ4v) is 6.13. The zero-order valence-corrected chi connectivity index (χ0v) is 17.6. The number of aryl methyl sites for hydroxylation is 1. The Morgan fingerprint density at radius 3 is 2.60 bits per heavy atom. The molecule has 0 aliphatic carbocycles. The lowest BCUT2D eigenvalue weighted by Crippen LogP contribution is -2.42.